The molecule has 0 saturated carbocycles. The fraction of sp³-hybridized carbons (Fsp3) is 0.533. The predicted octanol–water partition coefficient (Wildman–Crippen LogP) is 1.84. The summed E-state index contributed by atoms with van der Waals surface area (Å²) in [7, 11) is 3.35. The smallest absolute Gasteiger partial charge is 0.223 e. The molecule has 21 heavy (non-hydrogen) atoms. The Morgan fingerprint density at radius 3 is 2.43 bits per heavy atom. The quantitative estimate of drug-likeness (QED) is 0.843. The van der Waals surface area contributed by atoms with Gasteiger partial charge in [-0.05, 0) is 31.5 Å². The Hall–Kier alpha value is -1.53. The van der Waals surface area contributed by atoms with Crippen LogP contribution in [0.5, 0.6) is 0 Å². The number of rotatable bonds is 6. The molecule has 1 amide bonds. The molecule has 0 aromatic heterocycles. The highest BCUT2D eigenvalue weighted by Crippen LogP contribution is 2.19. The zero-order chi connectivity index (χ0) is 16.2. The van der Waals surface area contributed by atoms with Gasteiger partial charge in [0, 0.05) is 32.6 Å². The monoisotopic (exact) mass is 300 g/mol. The van der Waals surface area contributed by atoms with Crippen molar-refractivity contribution in [1.29, 1.82) is 0 Å². The molecule has 6 heteroatoms. The molecule has 3 unspecified atom stereocenters. The van der Waals surface area contributed by atoms with Crippen LogP contribution in [0.4, 0.5) is 8.78 Å². The molecule has 2 N–H and O–H groups in total. The molecule has 0 saturated heterocycles. The van der Waals surface area contributed by atoms with Crippen molar-refractivity contribution < 1.29 is 18.7 Å². The zero-order valence-corrected chi connectivity index (χ0v) is 12.7. The first-order chi connectivity index (χ1) is 9.72. The van der Waals surface area contributed by atoms with E-state index in [1.165, 1.54) is 11.0 Å². The van der Waals surface area contributed by atoms with Crippen LogP contribution in [0.3, 0.4) is 0 Å². The standard InChI is InChI=1S/C15H22F2N2O2/c1-9(7-14(20)19(3)4)18-10(2)15(21)11-5-6-12(16)13(17)8-11/h5-6,8-10,15,18,21H,7H2,1-4H3. The van der Waals surface area contributed by atoms with Crippen molar-refractivity contribution in [2.45, 2.75) is 38.5 Å². The maximum Gasteiger partial charge on any atom is 0.223 e. The number of halogens is 2. The van der Waals surface area contributed by atoms with E-state index in [0.29, 0.717) is 12.0 Å². The number of carbonyl (C=O) groups excluding carboxylic acids is 1. The van der Waals surface area contributed by atoms with Gasteiger partial charge in [-0.15, -0.1) is 0 Å². The molecule has 1 aromatic rings. The van der Waals surface area contributed by atoms with Crippen LogP contribution in [0.1, 0.15) is 31.9 Å². The van der Waals surface area contributed by atoms with Gasteiger partial charge in [-0.3, -0.25) is 4.79 Å². The lowest BCUT2D eigenvalue weighted by atomic mass is 10.0. The maximum absolute atomic E-state index is 13.2. The largest absolute Gasteiger partial charge is 0.387 e. The number of amides is 1. The number of aliphatic hydroxyl groups excluding tert-OH is 1. The molecule has 0 heterocycles. The summed E-state index contributed by atoms with van der Waals surface area (Å²) in [6.07, 6.45) is -0.695. The van der Waals surface area contributed by atoms with Crippen molar-refractivity contribution in [2.75, 3.05) is 14.1 Å². The van der Waals surface area contributed by atoms with E-state index in [4.69, 9.17) is 0 Å². The highest BCUT2D eigenvalue weighted by Gasteiger charge is 2.20. The third kappa shape index (κ3) is 5.06. The number of hydrogen-bond acceptors (Lipinski definition) is 3. The zero-order valence-electron chi connectivity index (χ0n) is 12.7. The summed E-state index contributed by atoms with van der Waals surface area (Å²) >= 11 is 0. The van der Waals surface area contributed by atoms with Crippen molar-refractivity contribution in [1.82, 2.24) is 10.2 Å². The van der Waals surface area contributed by atoms with E-state index in [0.717, 1.165) is 12.1 Å². The second kappa shape index (κ2) is 7.47. The van der Waals surface area contributed by atoms with Crippen LogP contribution < -0.4 is 5.32 Å². The van der Waals surface area contributed by atoms with E-state index in [2.05, 4.69) is 5.32 Å². The topological polar surface area (TPSA) is 52.6 Å². The Labute approximate surface area is 123 Å². The van der Waals surface area contributed by atoms with Crippen LogP contribution in [0, 0.1) is 11.6 Å². The minimum atomic E-state index is -0.991. The first-order valence-electron chi connectivity index (χ1n) is 6.81. The van der Waals surface area contributed by atoms with Gasteiger partial charge in [-0.1, -0.05) is 6.07 Å². The average molecular weight is 300 g/mol. The van der Waals surface area contributed by atoms with Gasteiger partial charge in [0.15, 0.2) is 11.6 Å². The van der Waals surface area contributed by atoms with Crippen molar-refractivity contribution in [2.24, 2.45) is 0 Å². The average Bonchev–Trinajstić information content (AvgIpc) is 2.40. The van der Waals surface area contributed by atoms with Crippen LogP contribution in [0.15, 0.2) is 18.2 Å². The summed E-state index contributed by atoms with van der Waals surface area (Å²) in [4.78, 5) is 13.1. The van der Waals surface area contributed by atoms with E-state index in [9.17, 15) is 18.7 Å². The molecule has 118 valence electrons. The Morgan fingerprint density at radius 2 is 1.90 bits per heavy atom. The summed E-state index contributed by atoms with van der Waals surface area (Å²) in [6, 6.07) is 2.76. The molecule has 0 fully saturated rings. The Bertz CT molecular complexity index is 495. The van der Waals surface area contributed by atoms with E-state index in [1.807, 2.05) is 6.92 Å². The van der Waals surface area contributed by atoms with Gasteiger partial charge in [0.2, 0.25) is 5.91 Å². The number of nitrogens with zero attached hydrogens (tertiary/aromatic N) is 1. The number of hydrogen-bond donors (Lipinski definition) is 2. The molecule has 3 atom stereocenters. The van der Waals surface area contributed by atoms with Crippen LogP contribution in [0.25, 0.3) is 0 Å². The number of benzene rings is 1. The number of aliphatic hydroxyl groups is 1. The number of carbonyl (C=O) groups is 1. The molecule has 0 bridgehead atoms. The van der Waals surface area contributed by atoms with Gasteiger partial charge >= 0.3 is 0 Å². The highest BCUT2D eigenvalue weighted by atomic mass is 19.2. The number of nitrogens with one attached hydrogen (secondary N) is 1. The molecular formula is C15H22F2N2O2. The van der Waals surface area contributed by atoms with Crippen LogP contribution in [-0.4, -0.2) is 42.1 Å². The van der Waals surface area contributed by atoms with E-state index in [-0.39, 0.29) is 11.9 Å². The first-order valence-corrected chi connectivity index (χ1v) is 6.81. The lowest BCUT2D eigenvalue weighted by Crippen LogP contribution is -2.41. The van der Waals surface area contributed by atoms with Gasteiger partial charge in [0.05, 0.1) is 6.10 Å². The first kappa shape index (κ1) is 17.5. The Balaban J connectivity index is 2.63. The minimum absolute atomic E-state index is 0.0236. The molecule has 0 radical (unpaired) electrons. The second-order valence-electron chi connectivity index (χ2n) is 5.47. The summed E-state index contributed by atoms with van der Waals surface area (Å²) in [5, 5.41) is 13.2. The predicted molar refractivity (Wildman–Crippen MR) is 76.7 cm³/mol. The van der Waals surface area contributed by atoms with Crippen LogP contribution in [-0.2, 0) is 4.79 Å². The lowest BCUT2D eigenvalue weighted by Gasteiger charge is -2.25. The SMILES string of the molecule is CC(CC(=O)N(C)C)NC(C)C(O)c1ccc(F)c(F)c1. The molecule has 4 nitrogen and oxygen atoms in total. The summed E-state index contributed by atoms with van der Waals surface area (Å²) in [5.41, 5.74) is 0.292. The molecule has 0 spiro atoms. The molecule has 1 rings (SSSR count). The van der Waals surface area contributed by atoms with Gasteiger partial charge in [-0.25, -0.2) is 8.78 Å². The van der Waals surface area contributed by atoms with Gasteiger partial charge in [-0.2, -0.15) is 0 Å². The van der Waals surface area contributed by atoms with Crippen LogP contribution >= 0.6 is 0 Å². The normalized spacial score (nSPS) is 15.4. The second-order valence-corrected chi connectivity index (χ2v) is 5.47. The van der Waals surface area contributed by atoms with Gasteiger partial charge < -0.3 is 15.3 Å². The van der Waals surface area contributed by atoms with E-state index >= 15 is 0 Å². The van der Waals surface area contributed by atoms with E-state index in [1.54, 1.807) is 21.0 Å². The van der Waals surface area contributed by atoms with Crippen molar-refractivity contribution in [3.05, 3.63) is 35.4 Å². The van der Waals surface area contributed by atoms with Crippen LogP contribution in [0.2, 0.25) is 0 Å². The van der Waals surface area contributed by atoms with Gasteiger partial charge in [0.25, 0.3) is 0 Å². The fourth-order valence-corrected chi connectivity index (χ4v) is 2.03. The van der Waals surface area contributed by atoms with Crippen molar-refractivity contribution in [3.63, 3.8) is 0 Å². The van der Waals surface area contributed by atoms with E-state index < -0.39 is 23.8 Å². The summed E-state index contributed by atoms with van der Waals surface area (Å²) in [6.45, 7) is 3.55. The lowest BCUT2D eigenvalue weighted by molar-refractivity contribution is -0.129. The minimum Gasteiger partial charge on any atom is -0.387 e. The molecule has 0 aliphatic rings. The highest BCUT2D eigenvalue weighted by molar-refractivity contribution is 5.76. The fourth-order valence-electron chi connectivity index (χ4n) is 2.03. The summed E-state index contributed by atoms with van der Waals surface area (Å²) in [5.74, 6) is -1.96. The summed E-state index contributed by atoms with van der Waals surface area (Å²) < 4.78 is 26.0. The third-order valence-electron chi connectivity index (χ3n) is 3.29. The maximum atomic E-state index is 13.2. The molecule has 1 aromatic carbocycles. The van der Waals surface area contributed by atoms with Crippen molar-refractivity contribution >= 4 is 5.91 Å². The molecule has 0 aliphatic carbocycles. The molecular weight excluding hydrogens is 278 g/mol. The molecule has 0 aliphatic heterocycles. The van der Waals surface area contributed by atoms with Gasteiger partial charge in [0.1, 0.15) is 0 Å². The van der Waals surface area contributed by atoms with Crippen molar-refractivity contribution in [3.8, 4) is 0 Å². The Morgan fingerprint density at radius 1 is 1.29 bits per heavy atom. The third-order valence-corrected chi connectivity index (χ3v) is 3.29. The Kier molecular flexibility index (Phi) is 6.23.